The fourth-order valence-corrected chi connectivity index (χ4v) is 2.47. The topological polar surface area (TPSA) is 97.3 Å². The molecule has 0 aliphatic rings. The van der Waals surface area contributed by atoms with Crippen molar-refractivity contribution in [1.82, 2.24) is 40.0 Å². The number of hydrogen-bond acceptors (Lipinski definition) is 5. The summed E-state index contributed by atoms with van der Waals surface area (Å²) in [7, 11) is 1.94. The predicted molar refractivity (Wildman–Crippen MR) is 99.6 cm³/mol. The van der Waals surface area contributed by atoms with E-state index in [0.717, 1.165) is 48.5 Å². The maximum absolute atomic E-state index is 4.63. The van der Waals surface area contributed by atoms with Crippen LogP contribution in [0.5, 0.6) is 0 Å². The van der Waals surface area contributed by atoms with E-state index >= 15 is 0 Å². The van der Waals surface area contributed by atoms with Crippen molar-refractivity contribution >= 4 is 11.6 Å². The minimum absolute atomic E-state index is 0.458. The van der Waals surface area contributed by atoms with E-state index in [-0.39, 0.29) is 0 Å². The predicted octanol–water partition coefficient (Wildman–Crippen LogP) is 1.20. The van der Waals surface area contributed by atoms with Crippen molar-refractivity contribution in [2.24, 2.45) is 12.0 Å². The standard InChI is InChI=1S/C17H25N9/c1-4-5-9-18-17(19-11-15-23-21-13(2)25(15)3)20-12-16-24-22-14-8-6-7-10-26(14)16/h6-8,10H,4-5,9,11-12H2,1-3H3,(H2,18,19,20). The van der Waals surface area contributed by atoms with Crippen LogP contribution in [0.2, 0.25) is 0 Å². The number of fused-ring (bicyclic) bond motifs is 1. The molecule has 0 aromatic carbocycles. The van der Waals surface area contributed by atoms with E-state index in [4.69, 9.17) is 0 Å². The summed E-state index contributed by atoms with van der Waals surface area (Å²) >= 11 is 0. The molecule has 3 heterocycles. The van der Waals surface area contributed by atoms with Crippen molar-refractivity contribution < 1.29 is 0 Å². The van der Waals surface area contributed by atoms with E-state index in [2.05, 4.69) is 42.9 Å². The van der Waals surface area contributed by atoms with Crippen LogP contribution in [0.4, 0.5) is 0 Å². The van der Waals surface area contributed by atoms with Gasteiger partial charge in [0.25, 0.3) is 0 Å². The molecule has 26 heavy (non-hydrogen) atoms. The van der Waals surface area contributed by atoms with Gasteiger partial charge in [-0.1, -0.05) is 19.4 Å². The molecule has 0 aliphatic heterocycles. The molecule has 0 fully saturated rings. The lowest BCUT2D eigenvalue weighted by Gasteiger charge is -2.11. The van der Waals surface area contributed by atoms with Gasteiger partial charge in [0.05, 0.1) is 6.54 Å². The Balaban J connectivity index is 1.69. The molecule has 0 amide bonds. The summed E-state index contributed by atoms with van der Waals surface area (Å²) in [4.78, 5) is 4.63. The van der Waals surface area contributed by atoms with E-state index in [1.807, 2.05) is 47.3 Å². The Labute approximate surface area is 152 Å². The van der Waals surface area contributed by atoms with Gasteiger partial charge < -0.3 is 15.2 Å². The molecule has 3 rings (SSSR count). The number of pyridine rings is 1. The van der Waals surface area contributed by atoms with Gasteiger partial charge in [0.1, 0.15) is 12.4 Å². The third kappa shape index (κ3) is 4.16. The summed E-state index contributed by atoms with van der Waals surface area (Å²) in [6.07, 6.45) is 4.16. The minimum Gasteiger partial charge on any atom is -0.356 e. The van der Waals surface area contributed by atoms with Crippen LogP contribution >= 0.6 is 0 Å². The quantitative estimate of drug-likeness (QED) is 0.375. The van der Waals surface area contributed by atoms with E-state index in [0.29, 0.717) is 13.1 Å². The van der Waals surface area contributed by atoms with Crippen molar-refractivity contribution in [2.75, 3.05) is 6.54 Å². The number of hydrogen-bond donors (Lipinski definition) is 2. The van der Waals surface area contributed by atoms with Crippen molar-refractivity contribution in [3.8, 4) is 0 Å². The molecule has 0 spiro atoms. The molecule has 0 unspecified atom stereocenters. The SMILES string of the molecule is CCCCNC(=NCc1nnc(C)n1C)NCc1nnc2ccccn12. The second-order valence-electron chi connectivity index (χ2n) is 6.07. The number of guanidine groups is 1. The Kier molecular flexibility index (Phi) is 5.77. The first-order chi connectivity index (χ1) is 12.7. The lowest BCUT2D eigenvalue weighted by molar-refractivity contribution is 0.705. The maximum Gasteiger partial charge on any atom is 0.192 e. The molecule has 3 aromatic heterocycles. The number of aryl methyl sites for hydroxylation is 1. The summed E-state index contributed by atoms with van der Waals surface area (Å²) in [6, 6.07) is 5.84. The first kappa shape index (κ1) is 17.8. The van der Waals surface area contributed by atoms with Crippen molar-refractivity contribution in [3.63, 3.8) is 0 Å². The smallest absolute Gasteiger partial charge is 0.192 e. The first-order valence-corrected chi connectivity index (χ1v) is 8.84. The fraction of sp³-hybridized carbons (Fsp3) is 0.471. The molecule has 0 atom stereocenters. The molecule has 9 nitrogen and oxygen atoms in total. The Hall–Kier alpha value is -2.97. The van der Waals surface area contributed by atoms with Gasteiger partial charge in [-0.2, -0.15) is 0 Å². The molecule has 3 aromatic rings. The average molecular weight is 355 g/mol. The zero-order chi connectivity index (χ0) is 18.4. The molecular formula is C17H25N9. The second-order valence-corrected chi connectivity index (χ2v) is 6.07. The highest BCUT2D eigenvalue weighted by atomic mass is 15.3. The molecule has 2 N–H and O–H groups in total. The summed E-state index contributed by atoms with van der Waals surface area (Å²) in [5.74, 6) is 3.26. The highest BCUT2D eigenvalue weighted by Gasteiger charge is 2.08. The number of aromatic nitrogens is 6. The largest absolute Gasteiger partial charge is 0.356 e. The van der Waals surface area contributed by atoms with Crippen LogP contribution in [0.1, 0.15) is 37.2 Å². The Morgan fingerprint density at radius 1 is 1.12 bits per heavy atom. The van der Waals surface area contributed by atoms with Crippen molar-refractivity contribution in [1.29, 1.82) is 0 Å². The fourth-order valence-electron chi connectivity index (χ4n) is 2.47. The molecule has 0 radical (unpaired) electrons. The first-order valence-electron chi connectivity index (χ1n) is 8.84. The van der Waals surface area contributed by atoms with Gasteiger partial charge in [-0.15, -0.1) is 20.4 Å². The summed E-state index contributed by atoms with van der Waals surface area (Å²) in [6.45, 7) is 5.94. The molecule has 9 heteroatoms. The minimum atomic E-state index is 0.458. The van der Waals surface area contributed by atoms with Gasteiger partial charge in [0.15, 0.2) is 23.3 Å². The van der Waals surface area contributed by atoms with E-state index in [1.54, 1.807) is 0 Å². The summed E-state index contributed by atoms with van der Waals surface area (Å²) in [5, 5.41) is 23.3. The number of nitrogens with zero attached hydrogens (tertiary/aromatic N) is 7. The Bertz CT molecular complexity index is 877. The molecular weight excluding hydrogens is 330 g/mol. The van der Waals surface area contributed by atoms with Crippen LogP contribution in [0.15, 0.2) is 29.4 Å². The highest BCUT2D eigenvalue weighted by molar-refractivity contribution is 5.79. The van der Waals surface area contributed by atoms with E-state index < -0.39 is 0 Å². The molecule has 0 bridgehead atoms. The number of unbranched alkanes of at least 4 members (excludes halogenated alkanes) is 1. The Morgan fingerprint density at radius 2 is 1.96 bits per heavy atom. The zero-order valence-corrected chi connectivity index (χ0v) is 15.5. The molecule has 138 valence electrons. The average Bonchev–Trinajstić information content (AvgIpc) is 3.21. The Morgan fingerprint density at radius 3 is 2.73 bits per heavy atom. The molecule has 0 saturated heterocycles. The van der Waals surface area contributed by atoms with Crippen molar-refractivity contribution in [3.05, 3.63) is 41.9 Å². The number of aliphatic imine (C=N–C) groups is 1. The number of rotatable bonds is 7. The van der Waals surface area contributed by atoms with Crippen LogP contribution in [0.3, 0.4) is 0 Å². The van der Waals surface area contributed by atoms with Crippen LogP contribution in [0.25, 0.3) is 5.65 Å². The van der Waals surface area contributed by atoms with Gasteiger partial charge in [-0.3, -0.25) is 4.40 Å². The highest BCUT2D eigenvalue weighted by Crippen LogP contribution is 2.03. The maximum atomic E-state index is 4.63. The van der Waals surface area contributed by atoms with Gasteiger partial charge >= 0.3 is 0 Å². The molecule has 0 aliphatic carbocycles. The summed E-state index contributed by atoms with van der Waals surface area (Å²) in [5.41, 5.74) is 0.830. The van der Waals surface area contributed by atoms with Crippen molar-refractivity contribution in [2.45, 2.75) is 39.8 Å². The second kappa shape index (κ2) is 8.41. The van der Waals surface area contributed by atoms with Gasteiger partial charge in [0, 0.05) is 19.8 Å². The van der Waals surface area contributed by atoms with Crippen LogP contribution in [-0.4, -0.2) is 41.9 Å². The lowest BCUT2D eigenvalue weighted by Crippen LogP contribution is -2.38. The van der Waals surface area contributed by atoms with Gasteiger partial charge in [-0.25, -0.2) is 4.99 Å². The lowest BCUT2D eigenvalue weighted by atomic mass is 10.3. The van der Waals surface area contributed by atoms with Crippen LogP contribution in [0, 0.1) is 6.92 Å². The zero-order valence-electron chi connectivity index (χ0n) is 15.5. The third-order valence-corrected chi connectivity index (χ3v) is 4.18. The van der Waals surface area contributed by atoms with Crippen LogP contribution in [-0.2, 0) is 20.1 Å². The van der Waals surface area contributed by atoms with E-state index in [9.17, 15) is 0 Å². The third-order valence-electron chi connectivity index (χ3n) is 4.18. The number of nitrogens with one attached hydrogen (secondary N) is 2. The molecule has 0 saturated carbocycles. The van der Waals surface area contributed by atoms with Gasteiger partial charge in [0.2, 0.25) is 0 Å². The van der Waals surface area contributed by atoms with Crippen LogP contribution < -0.4 is 10.6 Å². The monoisotopic (exact) mass is 355 g/mol. The normalized spacial score (nSPS) is 11.9. The summed E-state index contributed by atoms with van der Waals surface area (Å²) < 4.78 is 3.90. The van der Waals surface area contributed by atoms with Gasteiger partial charge in [-0.05, 0) is 25.5 Å². The van der Waals surface area contributed by atoms with E-state index in [1.165, 1.54) is 0 Å².